The van der Waals surface area contributed by atoms with E-state index in [2.05, 4.69) is 42.4 Å². The lowest BCUT2D eigenvalue weighted by Crippen LogP contribution is -2.24. The van der Waals surface area contributed by atoms with Crippen LogP contribution < -0.4 is 10.2 Å². The molecule has 0 aliphatic carbocycles. The average molecular weight is 440 g/mol. The topological polar surface area (TPSA) is 50.7 Å². The molecule has 23 heavy (non-hydrogen) atoms. The van der Waals surface area contributed by atoms with Gasteiger partial charge in [-0.25, -0.2) is 5.43 Å². The minimum absolute atomic E-state index is 0.0970. The zero-order chi connectivity index (χ0) is 16.8. The SMILES string of the molecule is Cc1cc(C)c(OCC(=O)N/N=C\c2ccc(Br)cc2)c(Br)c1. The number of nitrogens with zero attached hydrogens (tertiary/aromatic N) is 1. The van der Waals surface area contributed by atoms with Crippen LogP contribution in [0.4, 0.5) is 0 Å². The highest BCUT2D eigenvalue weighted by atomic mass is 79.9. The van der Waals surface area contributed by atoms with E-state index in [1.807, 2.05) is 50.2 Å². The number of hydrogen-bond acceptors (Lipinski definition) is 3. The predicted molar refractivity (Wildman–Crippen MR) is 99.0 cm³/mol. The first-order valence-corrected chi connectivity index (χ1v) is 8.51. The Balaban J connectivity index is 1.87. The Morgan fingerprint density at radius 2 is 1.91 bits per heavy atom. The maximum Gasteiger partial charge on any atom is 0.277 e. The van der Waals surface area contributed by atoms with Gasteiger partial charge in [0.1, 0.15) is 5.75 Å². The minimum atomic E-state index is -0.315. The predicted octanol–water partition coefficient (Wildman–Crippen LogP) is 4.36. The van der Waals surface area contributed by atoms with Crippen LogP contribution in [0.2, 0.25) is 0 Å². The third-order valence-corrected chi connectivity index (χ3v) is 4.11. The van der Waals surface area contributed by atoms with E-state index in [4.69, 9.17) is 4.74 Å². The molecule has 2 aromatic rings. The smallest absolute Gasteiger partial charge is 0.277 e. The quantitative estimate of drug-likeness (QED) is 0.555. The molecule has 120 valence electrons. The van der Waals surface area contributed by atoms with Crippen molar-refractivity contribution in [1.29, 1.82) is 0 Å². The Hall–Kier alpha value is -1.66. The normalized spacial score (nSPS) is 10.8. The van der Waals surface area contributed by atoms with Crippen molar-refractivity contribution >= 4 is 44.0 Å². The number of ether oxygens (including phenoxy) is 1. The van der Waals surface area contributed by atoms with E-state index in [-0.39, 0.29) is 12.5 Å². The zero-order valence-electron chi connectivity index (χ0n) is 12.8. The summed E-state index contributed by atoms with van der Waals surface area (Å²) in [5.74, 6) is 0.355. The largest absolute Gasteiger partial charge is 0.482 e. The number of hydrazone groups is 1. The van der Waals surface area contributed by atoms with Crippen molar-refractivity contribution in [3.63, 3.8) is 0 Å². The van der Waals surface area contributed by atoms with Gasteiger partial charge in [-0.15, -0.1) is 0 Å². The maximum absolute atomic E-state index is 11.8. The third-order valence-electron chi connectivity index (χ3n) is 2.99. The van der Waals surface area contributed by atoms with Crippen LogP contribution >= 0.6 is 31.9 Å². The summed E-state index contributed by atoms with van der Waals surface area (Å²) in [6, 6.07) is 11.6. The van der Waals surface area contributed by atoms with Crippen LogP contribution in [0.3, 0.4) is 0 Å². The molecule has 0 aliphatic rings. The molecule has 0 saturated carbocycles. The van der Waals surface area contributed by atoms with Crippen LogP contribution in [0, 0.1) is 13.8 Å². The molecule has 0 bridgehead atoms. The second-order valence-corrected chi connectivity index (χ2v) is 6.80. The number of hydrogen-bond donors (Lipinski definition) is 1. The number of rotatable bonds is 5. The summed E-state index contributed by atoms with van der Waals surface area (Å²) in [4.78, 5) is 11.8. The minimum Gasteiger partial charge on any atom is -0.482 e. The van der Waals surface area contributed by atoms with Gasteiger partial charge in [-0.05, 0) is 64.7 Å². The Morgan fingerprint density at radius 3 is 2.57 bits per heavy atom. The van der Waals surface area contributed by atoms with Crippen molar-refractivity contribution in [3.8, 4) is 5.75 Å². The Labute approximate surface area is 152 Å². The van der Waals surface area contributed by atoms with E-state index in [9.17, 15) is 4.79 Å². The summed E-state index contributed by atoms with van der Waals surface area (Å²) in [6.45, 7) is 3.85. The molecule has 0 aliphatic heterocycles. The number of carbonyl (C=O) groups is 1. The fourth-order valence-electron chi connectivity index (χ4n) is 1.98. The van der Waals surface area contributed by atoms with Crippen LogP contribution in [0.1, 0.15) is 16.7 Å². The first-order valence-electron chi connectivity index (χ1n) is 6.92. The van der Waals surface area contributed by atoms with Crippen molar-refractivity contribution in [2.45, 2.75) is 13.8 Å². The van der Waals surface area contributed by atoms with E-state index < -0.39 is 0 Å². The van der Waals surface area contributed by atoms with Crippen molar-refractivity contribution in [3.05, 3.63) is 62.0 Å². The van der Waals surface area contributed by atoms with Gasteiger partial charge in [0.25, 0.3) is 5.91 Å². The van der Waals surface area contributed by atoms with Gasteiger partial charge in [-0.1, -0.05) is 34.1 Å². The van der Waals surface area contributed by atoms with Crippen molar-refractivity contribution in [2.24, 2.45) is 5.10 Å². The van der Waals surface area contributed by atoms with Gasteiger partial charge in [-0.3, -0.25) is 4.79 Å². The number of aryl methyl sites for hydroxylation is 2. The molecule has 2 aromatic carbocycles. The average Bonchev–Trinajstić information content (AvgIpc) is 2.48. The summed E-state index contributed by atoms with van der Waals surface area (Å²) in [5, 5.41) is 3.91. The molecule has 1 amide bonds. The van der Waals surface area contributed by atoms with E-state index >= 15 is 0 Å². The van der Waals surface area contributed by atoms with Crippen LogP contribution in [0.25, 0.3) is 0 Å². The zero-order valence-corrected chi connectivity index (χ0v) is 15.9. The number of benzene rings is 2. The van der Waals surface area contributed by atoms with Crippen molar-refractivity contribution in [2.75, 3.05) is 6.61 Å². The highest BCUT2D eigenvalue weighted by Crippen LogP contribution is 2.30. The molecular weight excluding hydrogens is 424 g/mol. The molecule has 6 heteroatoms. The Bertz CT molecular complexity index is 705. The molecule has 0 fully saturated rings. The molecule has 1 N–H and O–H groups in total. The molecule has 0 spiro atoms. The summed E-state index contributed by atoms with van der Waals surface area (Å²) in [6.07, 6.45) is 1.58. The van der Waals surface area contributed by atoms with Crippen LogP contribution in [-0.2, 0) is 4.79 Å². The molecule has 4 nitrogen and oxygen atoms in total. The molecule has 0 aromatic heterocycles. The second kappa shape index (κ2) is 8.26. The maximum atomic E-state index is 11.8. The van der Waals surface area contributed by atoms with Gasteiger partial charge < -0.3 is 4.74 Å². The molecule has 0 radical (unpaired) electrons. The van der Waals surface area contributed by atoms with Crippen LogP contribution in [-0.4, -0.2) is 18.7 Å². The standard InChI is InChI=1S/C17H16Br2N2O2/c1-11-7-12(2)17(15(19)8-11)23-10-16(22)21-20-9-13-3-5-14(18)6-4-13/h3-9H,10H2,1-2H3,(H,21,22)/b20-9-. The third kappa shape index (κ3) is 5.48. The van der Waals surface area contributed by atoms with Crippen LogP contribution in [0.15, 0.2) is 50.4 Å². The molecule has 2 rings (SSSR count). The van der Waals surface area contributed by atoms with E-state index in [1.54, 1.807) is 6.21 Å². The van der Waals surface area contributed by atoms with E-state index in [1.165, 1.54) is 0 Å². The van der Waals surface area contributed by atoms with Gasteiger partial charge in [0.15, 0.2) is 6.61 Å². The fourth-order valence-corrected chi connectivity index (χ4v) is 3.04. The number of carbonyl (C=O) groups excluding carboxylic acids is 1. The molecule has 0 unspecified atom stereocenters. The van der Waals surface area contributed by atoms with Gasteiger partial charge in [0.05, 0.1) is 10.7 Å². The lowest BCUT2D eigenvalue weighted by Gasteiger charge is -2.11. The molecular formula is C17H16Br2N2O2. The van der Waals surface area contributed by atoms with Gasteiger partial charge in [0.2, 0.25) is 0 Å². The summed E-state index contributed by atoms with van der Waals surface area (Å²) in [7, 11) is 0. The second-order valence-electron chi connectivity index (χ2n) is 5.03. The van der Waals surface area contributed by atoms with Gasteiger partial charge in [0, 0.05) is 4.47 Å². The van der Waals surface area contributed by atoms with E-state index in [0.717, 1.165) is 25.6 Å². The van der Waals surface area contributed by atoms with E-state index in [0.29, 0.717) is 5.75 Å². The Kier molecular flexibility index (Phi) is 6.36. The van der Waals surface area contributed by atoms with Gasteiger partial charge >= 0.3 is 0 Å². The molecule has 0 heterocycles. The van der Waals surface area contributed by atoms with Crippen LogP contribution in [0.5, 0.6) is 5.75 Å². The first-order chi connectivity index (χ1) is 11.0. The summed E-state index contributed by atoms with van der Waals surface area (Å²) >= 11 is 6.81. The van der Waals surface area contributed by atoms with Gasteiger partial charge in [-0.2, -0.15) is 5.10 Å². The highest BCUT2D eigenvalue weighted by Gasteiger charge is 2.08. The fraction of sp³-hybridized carbons (Fsp3) is 0.176. The highest BCUT2D eigenvalue weighted by molar-refractivity contribution is 9.10. The monoisotopic (exact) mass is 438 g/mol. The number of halogens is 2. The summed E-state index contributed by atoms with van der Waals surface area (Å²) < 4.78 is 7.39. The number of amides is 1. The molecule has 0 atom stereocenters. The lowest BCUT2D eigenvalue weighted by molar-refractivity contribution is -0.123. The number of nitrogens with one attached hydrogen (secondary N) is 1. The Morgan fingerprint density at radius 1 is 1.22 bits per heavy atom. The molecule has 0 saturated heterocycles. The first kappa shape index (κ1) is 17.7. The lowest BCUT2D eigenvalue weighted by atomic mass is 10.1. The summed E-state index contributed by atoms with van der Waals surface area (Å²) in [5.41, 5.74) is 5.44. The van der Waals surface area contributed by atoms with Crippen molar-refractivity contribution < 1.29 is 9.53 Å². The van der Waals surface area contributed by atoms with Crippen molar-refractivity contribution in [1.82, 2.24) is 5.43 Å².